The quantitative estimate of drug-likeness (QED) is 0.222. The van der Waals surface area contributed by atoms with Gasteiger partial charge in [0.1, 0.15) is 0 Å². The van der Waals surface area contributed by atoms with Crippen LogP contribution in [-0.4, -0.2) is 24.6 Å². The SMILES string of the molecule is C=C(C)C(CCCNC(=N)N)NC(C)C. The van der Waals surface area contributed by atoms with E-state index in [4.69, 9.17) is 11.1 Å². The molecular weight excluding hydrogens is 188 g/mol. The third-order valence-corrected chi connectivity index (χ3v) is 2.11. The molecule has 0 spiro atoms. The van der Waals surface area contributed by atoms with Crippen molar-refractivity contribution in [1.82, 2.24) is 10.6 Å². The molecule has 88 valence electrons. The Kier molecular flexibility index (Phi) is 6.79. The van der Waals surface area contributed by atoms with Crippen LogP contribution >= 0.6 is 0 Å². The third-order valence-electron chi connectivity index (χ3n) is 2.11. The van der Waals surface area contributed by atoms with Gasteiger partial charge in [0.15, 0.2) is 5.96 Å². The second-order valence-electron chi connectivity index (χ2n) is 4.20. The average Bonchev–Trinajstić information content (AvgIpc) is 2.08. The van der Waals surface area contributed by atoms with Crippen molar-refractivity contribution in [2.45, 2.75) is 45.7 Å². The van der Waals surface area contributed by atoms with Gasteiger partial charge in [0.25, 0.3) is 0 Å². The van der Waals surface area contributed by atoms with E-state index in [0.717, 1.165) is 25.0 Å². The van der Waals surface area contributed by atoms with Crippen molar-refractivity contribution in [2.24, 2.45) is 5.73 Å². The highest BCUT2D eigenvalue weighted by molar-refractivity contribution is 5.74. The Morgan fingerprint density at radius 1 is 1.47 bits per heavy atom. The molecule has 0 bridgehead atoms. The Morgan fingerprint density at radius 2 is 2.07 bits per heavy atom. The summed E-state index contributed by atoms with van der Waals surface area (Å²) in [5.41, 5.74) is 6.35. The molecule has 0 aromatic rings. The fraction of sp³-hybridized carbons (Fsp3) is 0.727. The number of nitrogens with two attached hydrogens (primary N) is 1. The van der Waals surface area contributed by atoms with Crippen molar-refractivity contribution in [2.75, 3.05) is 6.54 Å². The lowest BCUT2D eigenvalue weighted by atomic mass is 10.0. The van der Waals surface area contributed by atoms with E-state index >= 15 is 0 Å². The lowest BCUT2D eigenvalue weighted by Gasteiger charge is -2.21. The maximum absolute atomic E-state index is 7.01. The standard InChI is InChI=1S/C11H24N4/c1-8(2)10(15-9(3)4)6-5-7-14-11(12)13/h9-10,15H,1,5-7H2,2-4H3,(H4,12,13,14). The highest BCUT2D eigenvalue weighted by Gasteiger charge is 2.09. The van der Waals surface area contributed by atoms with Gasteiger partial charge in [0.2, 0.25) is 0 Å². The van der Waals surface area contributed by atoms with E-state index in [2.05, 4.69) is 31.1 Å². The number of rotatable bonds is 7. The molecule has 0 aliphatic rings. The van der Waals surface area contributed by atoms with Crippen LogP contribution in [0.5, 0.6) is 0 Å². The number of guanidine groups is 1. The molecule has 0 aliphatic carbocycles. The van der Waals surface area contributed by atoms with Gasteiger partial charge in [0, 0.05) is 18.6 Å². The van der Waals surface area contributed by atoms with E-state index in [1.165, 1.54) is 0 Å². The summed E-state index contributed by atoms with van der Waals surface area (Å²) in [6.45, 7) is 11.0. The molecule has 4 heteroatoms. The first kappa shape index (κ1) is 14.0. The molecule has 0 radical (unpaired) electrons. The molecule has 0 fully saturated rings. The number of nitrogens with one attached hydrogen (secondary N) is 3. The van der Waals surface area contributed by atoms with Crippen molar-refractivity contribution >= 4 is 5.96 Å². The fourth-order valence-electron chi connectivity index (χ4n) is 1.40. The van der Waals surface area contributed by atoms with Crippen LogP contribution in [0.4, 0.5) is 0 Å². The second-order valence-corrected chi connectivity index (χ2v) is 4.20. The zero-order valence-corrected chi connectivity index (χ0v) is 10.1. The van der Waals surface area contributed by atoms with Gasteiger partial charge in [-0.3, -0.25) is 5.41 Å². The molecular formula is C11H24N4. The Balaban J connectivity index is 3.76. The lowest BCUT2D eigenvalue weighted by Crippen LogP contribution is -2.37. The molecule has 4 nitrogen and oxygen atoms in total. The molecule has 1 unspecified atom stereocenters. The third kappa shape index (κ3) is 8.00. The second kappa shape index (κ2) is 7.29. The predicted molar refractivity (Wildman–Crippen MR) is 66.0 cm³/mol. The van der Waals surface area contributed by atoms with Crippen LogP contribution < -0.4 is 16.4 Å². The summed E-state index contributed by atoms with van der Waals surface area (Å²) >= 11 is 0. The Morgan fingerprint density at radius 3 is 2.47 bits per heavy atom. The minimum absolute atomic E-state index is 0.0405. The summed E-state index contributed by atoms with van der Waals surface area (Å²) < 4.78 is 0. The topological polar surface area (TPSA) is 73.9 Å². The van der Waals surface area contributed by atoms with E-state index in [1.54, 1.807) is 0 Å². The number of hydrogen-bond acceptors (Lipinski definition) is 2. The molecule has 0 saturated carbocycles. The van der Waals surface area contributed by atoms with Crippen LogP contribution in [0.15, 0.2) is 12.2 Å². The van der Waals surface area contributed by atoms with Crippen LogP contribution in [0.2, 0.25) is 0 Å². The van der Waals surface area contributed by atoms with Gasteiger partial charge in [0.05, 0.1) is 0 Å². The maximum Gasteiger partial charge on any atom is 0.185 e. The van der Waals surface area contributed by atoms with E-state index in [1.807, 2.05) is 6.92 Å². The monoisotopic (exact) mass is 212 g/mol. The Labute approximate surface area is 92.8 Å². The Hall–Kier alpha value is -1.03. The summed E-state index contributed by atoms with van der Waals surface area (Å²) in [6, 6.07) is 0.825. The van der Waals surface area contributed by atoms with Gasteiger partial charge in [-0.2, -0.15) is 0 Å². The molecule has 0 rings (SSSR count). The van der Waals surface area contributed by atoms with Gasteiger partial charge in [-0.15, -0.1) is 0 Å². The van der Waals surface area contributed by atoms with Crippen LogP contribution in [-0.2, 0) is 0 Å². The van der Waals surface area contributed by atoms with Crippen molar-refractivity contribution in [3.8, 4) is 0 Å². The average molecular weight is 212 g/mol. The summed E-state index contributed by atoms with van der Waals surface area (Å²) in [7, 11) is 0. The molecule has 0 saturated heterocycles. The molecule has 0 heterocycles. The molecule has 0 aromatic carbocycles. The zero-order valence-electron chi connectivity index (χ0n) is 10.1. The molecule has 15 heavy (non-hydrogen) atoms. The van der Waals surface area contributed by atoms with Crippen LogP contribution in [0.3, 0.4) is 0 Å². The van der Waals surface area contributed by atoms with Gasteiger partial charge in [-0.1, -0.05) is 26.0 Å². The van der Waals surface area contributed by atoms with Crippen LogP contribution in [0.25, 0.3) is 0 Å². The first-order valence-electron chi connectivity index (χ1n) is 5.42. The van der Waals surface area contributed by atoms with Gasteiger partial charge in [-0.05, 0) is 19.8 Å². The lowest BCUT2D eigenvalue weighted by molar-refractivity contribution is 0.470. The first-order chi connectivity index (χ1) is 6.93. The summed E-state index contributed by atoms with van der Waals surface area (Å²) in [4.78, 5) is 0. The fourth-order valence-corrected chi connectivity index (χ4v) is 1.40. The van der Waals surface area contributed by atoms with Crippen LogP contribution in [0, 0.1) is 5.41 Å². The van der Waals surface area contributed by atoms with Crippen LogP contribution in [0.1, 0.15) is 33.6 Å². The molecule has 0 aliphatic heterocycles. The van der Waals surface area contributed by atoms with E-state index in [-0.39, 0.29) is 5.96 Å². The van der Waals surface area contributed by atoms with E-state index in [0.29, 0.717) is 12.1 Å². The van der Waals surface area contributed by atoms with Gasteiger partial charge < -0.3 is 16.4 Å². The maximum atomic E-state index is 7.01. The predicted octanol–water partition coefficient (Wildman–Crippen LogP) is 1.19. The summed E-state index contributed by atoms with van der Waals surface area (Å²) in [5, 5.41) is 13.3. The smallest absolute Gasteiger partial charge is 0.185 e. The molecule has 1 atom stereocenters. The normalized spacial score (nSPS) is 12.5. The number of hydrogen-bond donors (Lipinski definition) is 4. The van der Waals surface area contributed by atoms with Crippen molar-refractivity contribution in [1.29, 1.82) is 5.41 Å². The zero-order chi connectivity index (χ0) is 11.8. The van der Waals surface area contributed by atoms with Crippen molar-refractivity contribution in [3.05, 3.63) is 12.2 Å². The van der Waals surface area contributed by atoms with Gasteiger partial charge >= 0.3 is 0 Å². The van der Waals surface area contributed by atoms with Crippen molar-refractivity contribution < 1.29 is 0 Å². The highest BCUT2D eigenvalue weighted by atomic mass is 15.0. The van der Waals surface area contributed by atoms with Gasteiger partial charge in [-0.25, -0.2) is 0 Å². The highest BCUT2D eigenvalue weighted by Crippen LogP contribution is 2.06. The molecule has 5 N–H and O–H groups in total. The molecule has 0 amide bonds. The Bertz CT molecular complexity index is 211. The van der Waals surface area contributed by atoms with Crippen molar-refractivity contribution in [3.63, 3.8) is 0 Å². The largest absolute Gasteiger partial charge is 0.370 e. The molecule has 0 aromatic heterocycles. The first-order valence-corrected chi connectivity index (χ1v) is 5.42. The minimum atomic E-state index is 0.0405. The van der Waals surface area contributed by atoms with E-state index < -0.39 is 0 Å². The van der Waals surface area contributed by atoms with E-state index in [9.17, 15) is 0 Å². The summed E-state index contributed by atoms with van der Waals surface area (Å²) in [6.07, 6.45) is 2.00. The minimum Gasteiger partial charge on any atom is -0.370 e. The summed E-state index contributed by atoms with van der Waals surface area (Å²) in [5.74, 6) is 0.0405.